The molecule has 22 heavy (non-hydrogen) atoms. The second-order valence-corrected chi connectivity index (χ2v) is 6.77. The molecule has 1 aromatic heterocycles. The van der Waals surface area contributed by atoms with Crippen LogP contribution in [0.15, 0.2) is 41.6 Å². The standard InChI is InChI=1S/C14H17N3O2S.C2H6/c18-20(19,17-9-2-6-15-8-10-17)14-4-1-3-12-11-16-7-5-13(12)14;1-2/h1,3-5,7,11,15H,2,6,8-10H2;1-2H3. The van der Waals surface area contributed by atoms with Crippen LogP contribution in [-0.4, -0.2) is 43.9 Å². The van der Waals surface area contributed by atoms with E-state index in [4.69, 9.17) is 0 Å². The normalized spacial score (nSPS) is 16.6. The Kier molecular flexibility index (Phi) is 5.88. The second kappa shape index (κ2) is 7.67. The molecule has 2 aromatic rings. The van der Waals surface area contributed by atoms with Gasteiger partial charge in [-0.05, 0) is 25.1 Å². The lowest BCUT2D eigenvalue weighted by Crippen LogP contribution is -2.34. The van der Waals surface area contributed by atoms with Crippen molar-refractivity contribution in [1.29, 1.82) is 0 Å². The average Bonchev–Trinajstić information content (AvgIpc) is 2.86. The minimum Gasteiger partial charge on any atom is -0.315 e. The molecule has 1 aromatic carbocycles. The van der Waals surface area contributed by atoms with Gasteiger partial charge in [0.2, 0.25) is 10.0 Å². The van der Waals surface area contributed by atoms with Crippen LogP contribution in [0.25, 0.3) is 10.8 Å². The van der Waals surface area contributed by atoms with E-state index in [1.54, 1.807) is 34.9 Å². The van der Waals surface area contributed by atoms with Crippen molar-refractivity contribution in [2.24, 2.45) is 0 Å². The highest BCUT2D eigenvalue weighted by atomic mass is 32.2. The number of sulfonamides is 1. The number of hydrogen-bond donors (Lipinski definition) is 1. The lowest BCUT2D eigenvalue weighted by Gasteiger charge is -2.20. The van der Waals surface area contributed by atoms with Crippen LogP contribution in [0.2, 0.25) is 0 Å². The van der Waals surface area contributed by atoms with E-state index in [1.807, 2.05) is 19.9 Å². The molecule has 1 aliphatic heterocycles. The zero-order valence-corrected chi connectivity index (χ0v) is 13.9. The second-order valence-electron chi connectivity index (χ2n) is 4.86. The van der Waals surface area contributed by atoms with Crippen molar-refractivity contribution in [1.82, 2.24) is 14.6 Å². The summed E-state index contributed by atoms with van der Waals surface area (Å²) < 4.78 is 27.2. The third-order valence-electron chi connectivity index (χ3n) is 3.56. The number of nitrogens with zero attached hydrogens (tertiary/aromatic N) is 2. The van der Waals surface area contributed by atoms with Gasteiger partial charge in [0.1, 0.15) is 0 Å². The molecule has 2 heterocycles. The van der Waals surface area contributed by atoms with Gasteiger partial charge in [-0.25, -0.2) is 8.42 Å². The van der Waals surface area contributed by atoms with E-state index in [-0.39, 0.29) is 0 Å². The number of nitrogens with one attached hydrogen (secondary N) is 1. The summed E-state index contributed by atoms with van der Waals surface area (Å²) in [6.45, 7) is 6.65. The van der Waals surface area contributed by atoms with Crippen molar-refractivity contribution >= 4 is 20.8 Å². The lowest BCUT2D eigenvalue weighted by molar-refractivity contribution is 0.432. The van der Waals surface area contributed by atoms with Crippen LogP contribution in [0, 0.1) is 0 Å². The van der Waals surface area contributed by atoms with Gasteiger partial charge < -0.3 is 5.32 Å². The minimum atomic E-state index is -3.45. The Morgan fingerprint density at radius 1 is 1.14 bits per heavy atom. The Bertz CT molecular complexity index is 703. The number of fused-ring (bicyclic) bond motifs is 1. The molecular weight excluding hydrogens is 298 g/mol. The summed E-state index contributed by atoms with van der Waals surface area (Å²) in [7, 11) is -3.45. The first-order valence-corrected chi connectivity index (χ1v) is 9.17. The Labute approximate surface area is 132 Å². The largest absolute Gasteiger partial charge is 0.315 e. The molecular formula is C16H23N3O2S. The van der Waals surface area contributed by atoms with Crippen LogP contribution in [0.3, 0.4) is 0 Å². The van der Waals surface area contributed by atoms with E-state index in [2.05, 4.69) is 10.3 Å². The van der Waals surface area contributed by atoms with Gasteiger partial charge in [-0.2, -0.15) is 4.31 Å². The van der Waals surface area contributed by atoms with Crippen LogP contribution in [0.4, 0.5) is 0 Å². The molecule has 0 unspecified atom stereocenters. The van der Waals surface area contributed by atoms with Gasteiger partial charge in [0, 0.05) is 42.8 Å². The SMILES string of the molecule is CC.O=S(=O)(c1cccc2cnccc12)N1CCCNCC1. The van der Waals surface area contributed by atoms with Gasteiger partial charge in [-0.3, -0.25) is 4.98 Å². The molecule has 0 saturated carbocycles. The summed E-state index contributed by atoms with van der Waals surface area (Å²) in [4.78, 5) is 4.42. The molecule has 0 bridgehead atoms. The molecule has 0 aliphatic carbocycles. The molecule has 0 spiro atoms. The first-order chi connectivity index (χ1) is 10.7. The third kappa shape index (κ3) is 3.45. The predicted molar refractivity (Wildman–Crippen MR) is 89.3 cm³/mol. The van der Waals surface area contributed by atoms with Crippen molar-refractivity contribution in [2.75, 3.05) is 26.2 Å². The number of aromatic nitrogens is 1. The first kappa shape index (κ1) is 16.9. The first-order valence-electron chi connectivity index (χ1n) is 7.73. The quantitative estimate of drug-likeness (QED) is 0.921. The molecule has 1 fully saturated rings. The number of pyridine rings is 1. The van der Waals surface area contributed by atoms with Crippen molar-refractivity contribution in [2.45, 2.75) is 25.2 Å². The maximum atomic E-state index is 12.8. The lowest BCUT2D eigenvalue weighted by atomic mass is 10.2. The smallest absolute Gasteiger partial charge is 0.243 e. The Morgan fingerprint density at radius 2 is 1.95 bits per heavy atom. The molecule has 0 amide bonds. The Balaban J connectivity index is 0.000000847. The summed E-state index contributed by atoms with van der Waals surface area (Å²) in [6, 6.07) is 7.09. The molecule has 5 nitrogen and oxygen atoms in total. The minimum absolute atomic E-state index is 0.374. The van der Waals surface area contributed by atoms with Gasteiger partial charge in [-0.1, -0.05) is 26.0 Å². The predicted octanol–water partition coefficient (Wildman–Crippen LogP) is 2.25. The third-order valence-corrected chi connectivity index (χ3v) is 5.51. The summed E-state index contributed by atoms with van der Waals surface area (Å²) in [5, 5.41) is 4.81. The summed E-state index contributed by atoms with van der Waals surface area (Å²) in [6.07, 6.45) is 4.16. The number of hydrogen-bond acceptors (Lipinski definition) is 4. The zero-order chi connectivity index (χ0) is 16.0. The molecule has 0 radical (unpaired) electrons. The summed E-state index contributed by atoms with van der Waals surface area (Å²) in [5.74, 6) is 0. The maximum absolute atomic E-state index is 12.8. The molecule has 6 heteroatoms. The van der Waals surface area contributed by atoms with Gasteiger partial charge in [0.05, 0.1) is 4.90 Å². The molecule has 0 atom stereocenters. The summed E-state index contributed by atoms with van der Waals surface area (Å²) in [5.41, 5.74) is 0. The fourth-order valence-electron chi connectivity index (χ4n) is 2.52. The number of rotatable bonds is 2. The Hall–Kier alpha value is -1.50. The van der Waals surface area contributed by atoms with Crippen molar-refractivity contribution in [3.63, 3.8) is 0 Å². The fraction of sp³-hybridized carbons (Fsp3) is 0.438. The molecule has 1 N–H and O–H groups in total. The topological polar surface area (TPSA) is 62.3 Å². The average molecular weight is 321 g/mol. The van der Waals surface area contributed by atoms with Gasteiger partial charge in [0.25, 0.3) is 0 Å². The van der Waals surface area contributed by atoms with Crippen molar-refractivity contribution in [3.05, 3.63) is 36.7 Å². The monoisotopic (exact) mass is 321 g/mol. The van der Waals surface area contributed by atoms with E-state index in [1.165, 1.54) is 0 Å². The van der Waals surface area contributed by atoms with Crippen LogP contribution < -0.4 is 5.32 Å². The highest BCUT2D eigenvalue weighted by Gasteiger charge is 2.26. The zero-order valence-electron chi connectivity index (χ0n) is 13.1. The van der Waals surface area contributed by atoms with Crippen LogP contribution >= 0.6 is 0 Å². The van der Waals surface area contributed by atoms with Gasteiger partial charge in [0.15, 0.2) is 0 Å². The van der Waals surface area contributed by atoms with Crippen molar-refractivity contribution < 1.29 is 8.42 Å². The van der Waals surface area contributed by atoms with Gasteiger partial charge >= 0.3 is 0 Å². The fourth-order valence-corrected chi connectivity index (χ4v) is 4.21. The Morgan fingerprint density at radius 3 is 2.77 bits per heavy atom. The highest BCUT2D eigenvalue weighted by Crippen LogP contribution is 2.25. The molecule has 1 saturated heterocycles. The van der Waals surface area contributed by atoms with E-state index in [0.717, 1.165) is 23.7 Å². The van der Waals surface area contributed by atoms with Crippen molar-refractivity contribution in [3.8, 4) is 0 Å². The van der Waals surface area contributed by atoms with E-state index in [0.29, 0.717) is 24.5 Å². The molecule has 1 aliphatic rings. The number of benzene rings is 1. The van der Waals surface area contributed by atoms with Crippen LogP contribution in [0.5, 0.6) is 0 Å². The van der Waals surface area contributed by atoms with E-state index < -0.39 is 10.0 Å². The van der Waals surface area contributed by atoms with Crippen LogP contribution in [0.1, 0.15) is 20.3 Å². The highest BCUT2D eigenvalue weighted by molar-refractivity contribution is 7.89. The molecule has 120 valence electrons. The maximum Gasteiger partial charge on any atom is 0.243 e. The van der Waals surface area contributed by atoms with E-state index in [9.17, 15) is 8.42 Å². The van der Waals surface area contributed by atoms with Crippen LogP contribution in [-0.2, 0) is 10.0 Å². The van der Waals surface area contributed by atoms with E-state index >= 15 is 0 Å². The molecule has 3 rings (SSSR count). The van der Waals surface area contributed by atoms with Gasteiger partial charge in [-0.15, -0.1) is 0 Å². The summed E-state index contributed by atoms with van der Waals surface area (Å²) >= 11 is 0.